The predicted octanol–water partition coefficient (Wildman–Crippen LogP) is 3.50. The van der Waals surface area contributed by atoms with Gasteiger partial charge in [-0.15, -0.1) is 0 Å². The molecule has 1 atom stereocenters. The Labute approximate surface area is 169 Å². The maximum absolute atomic E-state index is 12.2. The number of ether oxygens (including phenoxy) is 2. The summed E-state index contributed by atoms with van der Waals surface area (Å²) < 4.78 is 16.5. The molecular weight excluding hydrogens is 372 g/mol. The fourth-order valence-corrected chi connectivity index (χ4v) is 3.93. The molecule has 5 rings (SSSR count). The van der Waals surface area contributed by atoms with Gasteiger partial charge in [0.15, 0.2) is 5.82 Å². The molecule has 1 aliphatic carbocycles. The van der Waals surface area contributed by atoms with Crippen molar-refractivity contribution in [2.45, 2.75) is 56.5 Å². The molecule has 1 unspecified atom stereocenters. The van der Waals surface area contributed by atoms with E-state index in [9.17, 15) is 4.79 Å². The van der Waals surface area contributed by atoms with Gasteiger partial charge in [0.2, 0.25) is 0 Å². The van der Waals surface area contributed by atoms with Crippen molar-refractivity contribution < 1.29 is 18.8 Å². The maximum Gasteiger partial charge on any atom is 0.410 e. The molecule has 2 aromatic rings. The summed E-state index contributed by atoms with van der Waals surface area (Å²) in [6, 6.07) is 4.00. The molecule has 8 heteroatoms. The van der Waals surface area contributed by atoms with Gasteiger partial charge in [-0.1, -0.05) is 5.16 Å². The number of pyridine rings is 1. The minimum Gasteiger partial charge on any atom is -0.443 e. The van der Waals surface area contributed by atoms with Crippen molar-refractivity contribution >= 4 is 6.09 Å². The van der Waals surface area contributed by atoms with Crippen molar-refractivity contribution in [1.82, 2.24) is 20.0 Å². The Bertz CT molecular complexity index is 863. The number of likely N-dealkylation sites (tertiary alicyclic amines) is 1. The molecule has 1 saturated carbocycles. The Hall–Kier alpha value is -2.48. The SMILES string of the molecule is CC1(OC(=O)N2CCC(c3noc(-c4ccc(C5CCOC5)nc4)n3)CC2)CC1. The van der Waals surface area contributed by atoms with E-state index in [2.05, 4.69) is 15.1 Å². The third kappa shape index (κ3) is 3.99. The number of carbonyl (C=O) groups excluding carboxylic acids is 1. The van der Waals surface area contributed by atoms with Crippen molar-refractivity contribution in [2.24, 2.45) is 0 Å². The van der Waals surface area contributed by atoms with Crippen molar-refractivity contribution in [3.63, 3.8) is 0 Å². The van der Waals surface area contributed by atoms with Crippen LogP contribution < -0.4 is 0 Å². The quantitative estimate of drug-likeness (QED) is 0.778. The average molecular weight is 398 g/mol. The summed E-state index contributed by atoms with van der Waals surface area (Å²) in [6.07, 6.45) is 6.16. The second-order valence-electron chi connectivity index (χ2n) is 8.57. The van der Waals surface area contributed by atoms with Crippen LogP contribution in [0.5, 0.6) is 0 Å². The van der Waals surface area contributed by atoms with Crippen molar-refractivity contribution in [1.29, 1.82) is 0 Å². The van der Waals surface area contributed by atoms with E-state index in [1.54, 1.807) is 11.1 Å². The van der Waals surface area contributed by atoms with Crippen molar-refractivity contribution in [3.05, 3.63) is 29.8 Å². The standard InChI is InChI=1S/C21H26N4O4/c1-21(7-8-21)28-20(26)25-9-4-14(5-10-25)18-23-19(29-24-18)15-2-3-17(22-12-15)16-6-11-27-13-16/h2-3,12,14,16H,4-11,13H2,1H3. The molecule has 0 bridgehead atoms. The first-order valence-electron chi connectivity index (χ1n) is 10.5. The van der Waals surface area contributed by atoms with E-state index in [4.69, 9.17) is 14.0 Å². The van der Waals surface area contributed by atoms with E-state index in [1.807, 2.05) is 19.1 Å². The third-order valence-corrected chi connectivity index (χ3v) is 6.23. The van der Waals surface area contributed by atoms with Crippen LogP contribution in [0.1, 0.15) is 62.4 Å². The Morgan fingerprint density at radius 3 is 2.69 bits per heavy atom. The van der Waals surface area contributed by atoms with Crippen LogP contribution in [-0.2, 0) is 9.47 Å². The van der Waals surface area contributed by atoms with E-state index in [0.29, 0.717) is 30.7 Å². The summed E-state index contributed by atoms with van der Waals surface area (Å²) in [5.74, 6) is 1.76. The van der Waals surface area contributed by atoms with Gasteiger partial charge in [-0.25, -0.2) is 4.79 Å². The minimum absolute atomic E-state index is 0.191. The van der Waals surface area contributed by atoms with Gasteiger partial charge >= 0.3 is 6.09 Å². The van der Waals surface area contributed by atoms with E-state index in [1.165, 1.54) is 0 Å². The van der Waals surface area contributed by atoms with Gasteiger partial charge in [-0.2, -0.15) is 4.98 Å². The summed E-state index contributed by atoms with van der Waals surface area (Å²) in [7, 11) is 0. The third-order valence-electron chi connectivity index (χ3n) is 6.23. The highest BCUT2D eigenvalue weighted by Crippen LogP contribution is 2.39. The Morgan fingerprint density at radius 2 is 2.03 bits per heavy atom. The van der Waals surface area contributed by atoms with Crippen LogP contribution in [0.15, 0.2) is 22.9 Å². The normalized spacial score (nSPS) is 23.9. The van der Waals surface area contributed by atoms with Crippen LogP contribution in [0.25, 0.3) is 11.5 Å². The molecule has 154 valence electrons. The molecule has 2 saturated heterocycles. The van der Waals surface area contributed by atoms with Crippen LogP contribution in [0, 0.1) is 0 Å². The zero-order valence-corrected chi connectivity index (χ0v) is 16.7. The summed E-state index contributed by atoms with van der Waals surface area (Å²) in [5.41, 5.74) is 1.64. The molecule has 0 N–H and O–H groups in total. The highest BCUT2D eigenvalue weighted by molar-refractivity contribution is 5.68. The second-order valence-corrected chi connectivity index (χ2v) is 8.57. The summed E-state index contributed by atoms with van der Waals surface area (Å²) >= 11 is 0. The number of hydrogen-bond donors (Lipinski definition) is 0. The van der Waals surface area contributed by atoms with E-state index >= 15 is 0 Å². The fraction of sp³-hybridized carbons (Fsp3) is 0.619. The zero-order chi connectivity index (χ0) is 19.8. The average Bonchev–Trinajstić information content (AvgIpc) is 3.18. The van der Waals surface area contributed by atoms with E-state index in [-0.39, 0.29) is 17.6 Å². The molecule has 29 heavy (non-hydrogen) atoms. The molecule has 2 aromatic heterocycles. The topological polar surface area (TPSA) is 90.6 Å². The van der Waals surface area contributed by atoms with Gasteiger partial charge in [0.25, 0.3) is 5.89 Å². The first-order chi connectivity index (χ1) is 14.1. The molecule has 1 amide bonds. The highest BCUT2D eigenvalue weighted by atomic mass is 16.6. The molecule has 0 aromatic carbocycles. The number of nitrogens with zero attached hydrogens (tertiary/aromatic N) is 4. The molecule has 0 radical (unpaired) electrons. The molecule has 2 aliphatic heterocycles. The first-order valence-corrected chi connectivity index (χ1v) is 10.5. The lowest BCUT2D eigenvalue weighted by Gasteiger charge is -2.30. The molecule has 8 nitrogen and oxygen atoms in total. The Balaban J connectivity index is 1.19. The first kappa shape index (κ1) is 18.5. The molecule has 0 spiro atoms. The number of rotatable bonds is 4. The van der Waals surface area contributed by atoms with Gasteiger partial charge in [0.1, 0.15) is 5.60 Å². The van der Waals surface area contributed by atoms with Crippen LogP contribution in [-0.4, -0.2) is 58.0 Å². The number of amides is 1. The van der Waals surface area contributed by atoms with Crippen LogP contribution in [0.4, 0.5) is 4.79 Å². The largest absolute Gasteiger partial charge is 0.443 e. The number of hydrogen-bond acceptors (Lipinski definition) is 7. The summed E-state index contributed by atoms with van der Waals surface area (Å²) in [5, 5.41) is 4.19. The lowest BCUT2D eigenvalue weighted by molar-refractivity contribution is 0.0518. The number of carbonyl (C=O) groups is 1. The van der Waals surface area contributed by atoms with Gasteiger partial charge < -0.3 is 18.9 Å². The van der Waals surface area contributed by atoms with Gasteiger partial charge in [-0.3, -0.25) is 4.98 Å². The monoisotopic (exact) mass is 398 g/mol. The van der Waals surface area contributed by atoms with Gasteiger partial charge in [-0.05, 0) is 51.2 Å². The number of piperidine rings is 1. The lowest BCUT2D eigenvalue weighted by Crippen LogP contribution is -2.40. The van der Waals surface area contributed by atoms with Gasteiger partial charge in [0.05, 0.1) is 12.2 Å². The van der Waals surface area contributed by atoms with Crippen LogP contribution in [0.3, 0.4) is 0 Å². The minimum atomic E-state index is -0.231. The lowest BCUT2D eigenvalue weighted by atomic mass is 9.96. The molecule has 3 fully saturated rings. The maximum atomic E-state index is 12.2. The summed E-state index contributed by atoms with van der Waals surface area (Å²) in [4.78, 5) is 23.2. The number of aromatic nitrogens is 3. The molecule has 4 heterocycles. The van der Waals surface area contributed by atoms with Crippen molar-refractivity contribution in [3.8, 4) is 11.5 Å². The highest BCUT2D eigenvalue weighted by Gasteiger charge is 2.43. The van der Waals surface area contributed by atoms with E-state index < -0.39 is 0 Å². The fourth-order valence-electron chi connectivity index (χ4n) is 3.93. The van der Waals surface area contributed by atoms with Crippen LogP contribution in [0.2, 0.25) is 0 Å². The Morgan fingerprint density at radius 1 is 1.21 bits per heavy atom. The molecule has 3 aliphatic rings. The smallest absolute Gasteiger partial charge is 0.410 e. The zero-order valence-electron chi connectivity index (χ0n) is 16.7. The van der Waals surface area contributed by atoms with E-state index in [0.717, 1.165) is 56.6 Å². The predicted molar refractivity (Wildman–Crippen MR) is 103 cm³/mol. The summed E-state index contributed by atoms with van der Waals surface area (Å²) in [6.45, 7) is 4.84. The van der Waals surface area contributed by atoms with Crippen molar-refractivity contribution in [2.75, 3.05) is 26.3 Å². The Kier molecular flexibility index (Phi) is 4.73. The van der Waals surface area contributed by atoms with Gasteiger partial charge in [0, 0.05) is 43.4 Å². The molecular formula is C21H26N4O4. The second kappa shape index (κ2) is 7.40. The van der Waals surface area contributed by atoms with Crippen LogP contribution >= 0.6 is 0 Å².